The number of nitrogens with one attached hydrogen (secondary N) is 3. The van der Waals surface area contributed by atoms with Crippen LogP contribution < -0.4 is 10.3 Å². The summed E-state index contributed by atoms with van der Waals surface area (Å²) in [5.41, 5.74) is 3.95. The lowest BCUT2D eigenvalue weighted by molar-refractivity contribution is -0.425. The van der Waals surface area contributed by atoms with Crippen molar-refractivity contribution in [1.29, 1.82) is 0 Å². The van der Waals surface area contributed by atoms with Crippen molar-refractivity contribution >= 4 is 50.1 Å². The summed E-state index contributed by atoms with van der Waals surface area (Å²) in [4.78, 5) is 23.2. The van der Waals surface area contributed by atoms with Crippen molar-refractivity contribution in [1.82, 2.24) is 9.97 Å². The second kappa shape index (κ2) is 8.72. The highest BCUT2D eigenvalue weighted by molar-refractivity contribution is 9.10. The van der Waals surface area contributed by atoms with E-state index in [0.717, 1.165) is 32.1 Å². The van der Waals surface area contributed by atoms with Gasteiger partial charge in [0.05, 0.1) is 11.4 Å². The number of amides is 1. The number of nitrogens with zero attached hydrogens (tertiary/aromatic N) is 1. The highest BCUT2D eigenvalue weighted by Gasteiger charge is 2.14. The maximum Gasteiger partial charge on any atom is 0.314 e. The van der Waals surface area contributed by atoms with Crippen LogP contribution in [-0.4, -0.2) is 21.6 Å². The van der Waals surface area contributed by atoms with Crippen LogP contribution in [0.15, 0.2) is 75.8 Å². The molecule has 0 bridgehead atoms. The molecule has 0 aliphatic carbocycles. The van der Waals surface area contributed by atoms with Crippen LogP contribution in [0.3, 0.4) is 0 Å². The summed E-state index contributed by atoms with van der Waals surface area (Å²) < 4.78 is 1.02. The van der Waals surface area contributed by atoms with E-state index in [1.165, 1.54) is 23.1 Å². The fourth-order valence-corrected chi connectivity index (χ4v) is 4.23. The van der Waals surface area contributed by atoms with Crippen LogP contribution in [0, 0.1) is 0 Å². The SMILES string of the molecule is O=C(CSc1[nH]c(-c2ccccc2)c[nH+]1)Nc1nc(-c2ccc(Br)cc2)cs1. The molecule has 0 saturated carbocycles. The van der Waals surface area contributed by atoms with Gasteiger partial charge in [-0.25, -0.2) is 15.0 Å². The zero-order chi connectivity index (χ0) is 19.3. The van der Waals surface area contributed by atoms with E-state index in [1.54, 1.807) is 0 Å². The summed E-state index contributed by atoms with van der Waals surface area (Å²) in [6.45, 7) is 0. The molecule has 8 heteroatoms. The number of benzene rings is 2. The summed E-state index contributed by atoms with van der Waals surface area (Å²) in [6, 6.07) is 18.0. The lowest BCUT2D eigenvalue weighted by Gasteiger charge is -1.99. The molecule has 0 radical (unpaired) electrons. The molecule has 3 N–H and O–H groups in total. The topological polar surface area (TPSA) is 71.9 Å². The van der Waals surface area contributed by atoms with Crippen LogP contribution in [0.2, 0.25) is 0 Å². The van der Waals surface area contributed by atoms with Gasteiger partial charge in [0.2, 0.25) is 5.91 Å². The monoisotopic (exact) mass is 471 g/mol. The molecule has 5 nitrogen and oxygen atoms in total. The first kappa shape index (κ1) is 18.9. The first-order chi connectivity index (χ1) is 13.7. The smallest absolute Gasteiger partial charge is 0.301 e. The molecule has 4 rings (SSSR count). The number of thioether (sulfide) groups is 1. The van der Waals surface area contributed by atoms with Crippen molar-refractivity contribution in [2.24, 2.45) is 0 Å². The van der Waals surface area contributed by atoms with Crippen molar-refractivity contribution in [3.05, 3.63) is 70.6 Å². The fraction of sp³-hybridized carbons (Fsp3) is 0.0500. The molecular weight excluding hydrogens is 456 g/mol. The number of carbonyl (C=O) groups excluding carboxylic acids is 1. The third-order valence-electron chi connectivity index (χ3n) is 3.92. The normalized spacial score (nSPS) is 10.8. The minimum absolute atomic E-state index is 0.0917. The van der Waals surface area contributed by atoms with Gasteiger partial charge in [0.25, 0.3) is 0 Å². The molecular formula is C20H16BrN4OS2+. The number of thiazole rings is 1. The van der Waals surface area contributed by atoms with Gasteiger partial charge in [-0.1, -0.05) is 58.4 Å². The molecule has 2 aromatic heterocycles. The number of carbonyl (C=O) groups is 1. The van der Waals surface area contributed by atoms with E-state index in [4.69, 9.17) is 0 Å². The van der Waals surface area contributed by atoms with E-state index in [1.807, 2.05) is 66.2 Å². The van der Waals surface area contributed by atoms with Crippen molar-refractivity contribution < 1.29 is 9.78 Å². The quantitative estimate of drug-likeness (QED) is 0.383. The van der Waals surface area contributed by atoms with Crippen LogP contribution in [0.1, 0.15) is 0 Å². The van der Waals surface area contributed by atoms with Crippen LogP contribution in [0.5, 0.6) is 0 Å². The Labute approximate surface area is 178 Å². The minimum Gasteiger partial charge on any atom is -0.301 e. The fourth-order valence-electron chi connectivity index (χ4n) is 2.56. The number of aromatic amines is 2. The Morgan fingerprint density at radius 2 is 1.93 bits per heavy atom. The number of hydrogen-bond acceptors (Lipinski definition) is 4. The molecule has 140 valence electrons. The average molecular weight is 472 g/mol. The molecule has 0 aliphatic heterocycles. The second-order valence-electron chi connectivity index (χ2n) is 5.90. The van der Waals surface area contributed by atoms with Crippen LogP contribution in [-0.2, 0) is 4.79 Å². The third kappa shape index (κ3) is 4.70. The highest BCUT2D eigenvalue weighted by Crippen LogP contribution is 2.26. The van der Waals surface area contributed by atoms with Gasteiger partial charge in [-0.05, 0) is 23.9 Å². The Balaban J connectivity index is 1.33. The molecule has 2 heterocycles. The zero-order valence-electron chi connectivity index (χ0n) is 14.6. The van der Waals surface area contributed by atoms with E-state index in [-0.39, 0.29) is 5.91 Å². The Morgan fingerprint density at radius 3 is 2.71 bits per heavy atom. The van der Waals surface area contributed by atoms with Gasteiger partial charge in [0, 0.05) is 21.0 Å². The molecule has 0 spiro atoms. The van der Waals surface area contributed by atoms with Crippen molar-refractivity contribution in [3.63, 3.8) is 0 Å². The number of H-pyrrole nitrogens is 2. The number of hydrogen-bond donors (Lipinski definition) is 2. The van der Waals surface area contributed by atoms with E-state index in [0.29, 0.717) is 10.9 Å². The standard InChI is InChI=1S/C20H15BrN4OS2/c21-15-8-6-14(7-9-15)17-11-27-20(24-17)25-18(26)12-28-19-22-10-16(23-19)13-4-2-1-3-5-13/h1-11H,12H2,(H,22,23)(H,24,25,26)/p+1. The molecule has 0 fully saturated rings. The van der Waals surface area contributed by atoms with Gasteiger partial charge in [0.1, 0.15) is 6.20 Å². The summed E-state index contributed by atoms with van der Waals surface area (Å²) in [7, 11) is 0. The van der Waals surface area contributed by atoms with Crippen LogP contribution in [0.25, 0.3) is 22.5 Å². The maximum atomic E-state index is 12.3. The molecule has 28 heavy (non-hydrogen) atoms. The molecule has 0 aliphatic rings. The van der Waals surface area contributed by atoms with Crippen LogP contribution in [0.4, 0.5) is 5.13 Å². The first-order valence-corrected chi connectivity index (χ1v) is 11.1. The van der Waals surface area contributed by atoms with Gasteiger partial charge >= 0.3 is 5.16 Å². The van der Waals surface area contributed by atoms with Crippen LogP contribution >= 0.6 is 39.0 Å². The summed E-state index contributed by atoms with van der Waals surface area (Å²) in [5, 5.41) is 6.24. The second-order valence-corrected chi connectivity index (χ2v) is 8.66. The molecule has 1 amide bonds. The Hall–Kier alpha value is -2.42. The lowest BCUT2D eigenvalue weighted by atomic mass is 10.2. The maximum absolute atomic E-state index is 12.3. The number of imidazole rings is 1. The van der Waals surface area contributed by atoms with E-state index in [2.05, 4.69) is 36.2 Å². The predicted molar refractivity (Wildman–Crippen MR) is 117 cm³/mol. The van der Waals surface area contributed by atoms with Gasteiger partial charge in [-0.2, -0.15) is 0 Å². The molecule has 2 aromatic carbocycles. The Kier molecular flexibility index (Phi) is 5.90. The number of halogens is 1. The highest BCUT2D eigenvalue weighted by atomic mass is 79.9. The van der Waals surface area contributed by atoms with Gasteiger partial charge < -0.3 is 5.32 Å². The van der Waals surface area contributed by atoms with Gasteiger partial charge in [-0.3, -0.25) is 4.79 Å². The molecule has 0 unspecified atom stereocenters. The van der Waals surface area contributed by atoms with E-state index >= 15 is 0 Å². The Bertz CT molecular complexity index is 1080. The zero-order valence-corrected chi connectivity index (χ0v) is 17.8. The van der Waals surface area contributed by atoms with Crippen molar-refractivity contribution in [3.8, 4) is 22.5 Å². The summed E-state index contributed by atoms with van der Waals surface area (Å²) >= 11 is 6.26. The van der Waals surface area contributed by atoms with Gasteiger partial charge in [0.15, 0.2) is 10.8 Å². The molecule has 0 saturated heterocycles. The van der Waals surface area contributed by atoms with Gasteiger partial charge in [-0.15, -0.1) is 11.3 Å². The van der Waals surface area contributed by atoms with E-state index < -0.39 is 0 Å². The molecule has 4 aromatic rings. The number of anilines is 1. The van der Waals surface area contributed by atoms with E-state index in [9.17, 15) is 4.79 Å². The number of rotatable bonds is 6. The average Bonchev–Trinajstić information content (AvgIpc) is 3.37. The predicted octanol–water partition coefficient (Wildman–Crippen LogP) is 5.11. The van der Waals surface area contributed by atoms with Crippen molar-refractivity contribution in [2.45, 2.75) is 5.16 Å². The number of aromatic nitrogens is 3. The largest absolute Gasteiger partial charge is 0.314 e. The minimum atomic E-state index is -0.0917. The first-order valence-electron chi connectivity index (χ1n) is 8.47. The van der Waals surface area contributed by atoms with Crippen molar-refractivity contribution in [2.75, 3.05) is 11.1 Å². The third-order valence-corrected chi connectivity index (χ3v) is 6.12. The Morgan fingerprint density at radius 1 is 1.14 bits per heavy atom. The summed E-state index contributed by atoms with van der Waals surface area (Å²) in [5.74, 6) is 0.198. The lowest BCUT2D eigenvalue weighted by Crippen LogP contribution is -2.15. The molecule has 0 atom stereocenters. The summed E-state index contributed by atoms with van der Waals surface area (Å²) in [6.07, 6.45) is 1.90.